The minimum Gasteiger partial charge on any atom is -0.289 e. The van der Waals surface area contributed by atoms with Gasteiger partial charge in [-0.15, -0.1) is 0 Å². The van der Waals surface area contributed by atoms with Crippen LogP contribution < -0.4 is 0 Å². The zero-order valence-corrected chi connectivity index (χ0v) is 11.5. The minimum atomic E-state index is 0.593. The predicted octanol–water partition coefficient (Wildman–Crippen LogP) is 3.50. The normalized spacial score (nSPS) is 15.9. The van der Waals surface area contributed by atoms with E-state index in [4.69, 9.17) is 11.6 Å². The largest absolute Gasteiger partial charge is 0.289 e. The predicted molar refractivity (Wildman–Crippen MR) is 78.0 cm³/mol. The Morgan fingerprint density at radius 2 is 2.26 bits per heavy atom. The van der Waals surface area contributed by atoms with Gasteiger partial charge in [-0.25, -0.2) is 9.98 Å². The lowest BCUT2D eigenvalue weighted by molar-refractivity contribution is -0.0419. The molecule has 1 aliphatic rings. The number of hydrogen-bond donors (Lipinski definition) is 1. The third-order valence-corrected chi connectivity index (χ3v) is 2.89. The molecule has 1 aromatic rings. The van der Waals surface area contributed by atoms with Gasteiger partial charge < -0.3 is 0 Å². The Kier molecular flexibility index (Phi) is 4.71. The number of halogens is 1. The molecule has 1 aliphatic heterocycles. The van der Waals surface area contributed by atoms with Gasteiger partial charge in [0.25, 0.3) is 0 Å². The summed E-state index contributed by atoms with van der Waals surface area (Å²) in [6, 6.07) is 7.38. The van der Waals surface area contributed by atoms with Crippen LogP contribution in [0.1, 0.15) is 25.3 Å². The number of benzene rings is 1. The van der Waals surface area contributed by atoms with Gasteiger partial charge in [0.1, 0.15) is 5.70 Å². The van der Waals surface area contributed by atoms with Gasteiger partial charge in [-0.3, -0.25) is 10.3 Å². The molecule has 0 amide bonds. The quantitative estimate of drug-likeness (QED) is 0.838. The second-order valence-corrected chi connectivity index (χ2v) is 4.71. The van der Waals surface area contributed by atoms with Crippen molar-refractivity contribution in [2.75, 3.05) is 6.54 Å². The number of allylic oxidation sites excluding steroid dienone is 1. The highest BCUT2D eigenvalue weighted by atomic mass is 35.5. The van der Waals surface area contributed by atoms with Gasteiger partial charge in [0.2, 0.25) is 0 Å². The number of hydrogen-bond acceptors (Lipinski definition) is 4. The third-order valence-electron chi connectivity index (χ3n) is 2.66. The number of amidine groups is 1. The van der Waals surface area contributed by atoms with Gasteiger partial charge in [0, 0.05) is 17.1 Å². The van der Waals surface area contributed by atoms with Crippen LogP contribution in [-0.4, -0.2) is 28.9 Å². The molecule has 1 N–H and O–H groups in total. The summed E-state index contributed by atoms with van der Waals surface area (Å²) in [4.78, 5) is 8.56. The highest BCUT2D eigenvalue weighted by Gasteiger charge is 2.09. The Morgan fingerprint density at radius 1 is 1.42 bits per heavy atom. The summed E-state index contributed by atoms with van der Waals surface area (Å²) in [6.45, 7) is 2.67. The molecule has 0 unspecified atom stereocenters. The highest BCUT2D eigenvalue weighted by molar-refractivity contribution is 6.31. The summed E-state index contributed by atoms with van der Waals surface area (Å²) in [5, 5.41) is 11.4. The van der Waals surface area contributed by atoms with Gasteiger partial charge in [0.15, 0.2) is 5.84 Å². The van der Waals surface area contributed by atoms with E-state index in [1.807, 2.05) is 18.2 Å². The molecule has 1 heterocycles. The first kappa shape index (κ1) is 13.8. The van der Waals surface area contributed by atoms with E-state index in [9.17, 15) is 5.21 Å². The van der Waals surface area contributed by atoms with E-state index in [0.717, 1.165) is 23.5 Å². The van der Waals surface area contributed by atoms with Gasteiger partial charge in [0.05, 0.1) is 12.4 Å². The fourth-order valence-corrected chi connectivity index (χ4v) is 1.86. The Balaban J connectivity index is 2.09. The molecule has 1 aromatic carbocycles. The van der Waals surface area contributed by atoms with Crippen molar-refractivity contribution in [2.24, 2.45) is 9.98 Å². The van der Waals surface area contributed by atoms with Crippen LogP contribution in [0.4, 0.5) is 0 Å². The second kappa shape index (κ2) is 6.50. The highest BCUT2D eigenvalue weighted by Crippen LogP contribution is 2.16. The standard InChI is InChI=1S/C14H16ClN3O/c1-2-3-7-18(19)10-13-9-16-14(17-13)11-5-4-6-12(15)8-11/h4-6,8-10,19H,2-3,7H2,1H3/b13-10+. The van der Waals surface area contributed by atoms with E-state index in [1.54, 1.807) is 18.5 Å². The fourth-order valence-electron chi connectivity index (χ4n) is 1.67. The Bertz CT molecular complexity index is 537. The van der Waals surface area contributed by atoms with Crippen LogP contribution in [0.15, 0.2) is 46.1 Å². The molecular weight excluding hydrogens is 262 g/mol. The lowest BCUT2D eigenvalue weighted by Crippen LogP contribution is -2.13. The maximum Gasteiger partial charge on any atom is 0.159 e. The first-order valence-corrected chi connectivity index (χ1v) is 6.63. The van der Waals surface area contributed by atoms with Crippen molar-refractivity contribution in [3.8, 4) is 0 Å². The summed E-state index contributed by atoms with van der Waals surface area (Å²) in [6.07, 6.45) is 5.18. The van der Waals surface area contributed by atoms with Crippen molar-refractivity contribution in [1.29, 1.82) is 0 Å². The molecule has 0 saturated heterocycles. The molecule has 19 heavy (non-hydrogen) atoms. The van der Waals surface area contributed by atoms with Crippen molar-refractivity contribution in [3.63, 3.8) is 0 Å². The molecule has 2 rings (SSSR count). The van der Waals surface area contributed by atoms with Crippen LogP contribution in [0, 0.1) is 0 Å². The van der Waals surface area contributed by atoms with E-state index < -0.39 is 0 Å². The lowest BCUT2D eigenvalue weighted by Gasteiger charge is -2.10. The second-order valence-electron chi connectivity index (χ2n) is 4.27. The maximum atomic E-state index is 9.65. The SMILES string of the molecule is CCCCN(O)/C=C1\C=NC(c2cccc(Cl)c2)=N1. The number of aliphatic imine (C=N–C) groups is 2. The average Bonchev–Trinajstić information content (AvgIpc) is 2.85. The molecule has 0 atom stereocenters. The van der Waals surface area contributed by atoms with Gasteiger partial charge in [-0.05, 0) is 18.6 Å². The maximum absolute atomic E-state index is 9.65. The van der Waals surface area contributed by atoms with Crippen LogP contribution in [-0.2, 0) is 0 Å². The van der Waals surface area contributed by atoms with Crippen LogP contribution in [0.2, 0.25) is 5.02 Å². The Hall–Kier alpha value is -1.65. The monoisotopic (exact) mass is 277 g/mol. The van der Waals surface area contributed by atoms with Crippen LogP contribution in [0.3, 0.4) is 0 Å². The molecular formula is C14H16ClN3O. The Morgan fingerprint density at radius 3 is 3.00 bits per heavy atom. The summed E-state index contributed by atoms with van der Waals surface area (Å²) in [7, 11) is 0. The molecule has 0 aliphatic carbocycles. The van der Waals surface area contributed by atoms with E-state index in [-0.39, 0.29) is 0 Å². The number of hydroxylamine groups is 2. The minimum absolute atomic E-state index is 0.593. The molecule has 100 valence electrons. The van der Waals surface area contributed by atoms with Crippen molar-refractivity contribution in [2.45, 2.75) is 19.8 Å². The van der Waals surface area contributed by atoms with Crippen LogP contribution in [0.25, 0.3) is 0 Å². The summed E-state index contributed by atoms with van der Waals surface area (Å²) in [5.41, 5.74) is 1.50. The molecule has 0 aromatic heterocycles. The zero-order chi connectivity index (χ0) is 13.7. The first-order chi connectivity index (χ1) is 9.19. The van der Waals surface area contributed by atoms with Crippen molar-refractivity contribution >= 4 is 23.7 Å². The summed E-state index contributed by atoms with van der Waals surface area (Å²) < 4.78 is 0. The smallest absolute Gasteiger partial charge is 0.159 e. The lowest BCUT2D eigenvalue weighted by atomic mass is 10.2. The molecule has 0 spiro atoms. The van der Waals surface area contributed by atoms with E-state index in [1.165, 1.54) is 0 Å². The van der Waals surface area contributed by atoms with Crippen LogP contribution in [0.5, 0.6) is 0 Å². The molecule has 4 nitrogen and oxygen atoms in total. The van der Waals surface area contributed by atoms with Crippen LogP contribution >= 0.6 is 11.6 Å². The number of unbranched alkanes of at least 4 members (excludes halogenated alkanes) is 1. The van der Waals surface area contributed by atoms with Gasteiger partial charge in [-0.2, -0.15) is 0 Å². The summed E-state index contributed by atoms with van der Waals surface area (Å²) in [5.74, 6) is 0.609. The average molecular weight is 278 g/mol. The van der Waals surface area contributed by atoms with Crippen molar-refractivity contribution in [3.05, 3.63) is 46.7 Å². The number of rotatable bonds is 5. The molecule has 0 bridgehead atoms. The number of nitrogens with zero attached hydrogens (tertiary/aromatic N) is 3. The summed E-state index contributed by atoms with van der Waals surface area (Å²) >= 11 is 5.93. The topological polar surface area (TPSA) is 48.2 Å². The van der Waals surface area contributed by atoms with Gasteiger partial charge in [-0.1, -0.05) is 37.1 Å². The van der Waals surface area contributed by atoms with Crippen molar-refractivity contribution < 1.29 is 5.21 Å². The van der Waals surface area contributed by atoms with Gasteiger partial charge >= 0.3 is 0 Å². The van der Waals surface area contributed by atoms with E-state index >= 15 is 0 Å². The molecule has 0 saturated carbocycles. The van der Waals surface area contributed by atoms with Crippen molar-refractivity contribution in [1.82, 2.24) is 5.06 Å². The zero-order valence-electron chi connectivity index (χ0n) is 10.8. The molecule has 0 fully saturated rings. The van der Waals surface area contributed by atoms with E-state index in [0.29, 0.717) is 23.1 Å². The molecule has 0 radical (unpaired) electrons. The molecule has 5 heteroatoms. The first-order valence-electron chi connectivity index (χ1n) is 6.25. The Labute approximate surface area is 117 Å². The van der Waals surface area contributed by atoms with E-state index in [2.05, 4.69) is 16.9 Å². The third kappa shape index (κ3) is 3.91. The fraction of sp³-hybridized carbons (Fsp3) is 0.286.